The van der Waals surface area contributed by atoms with Gasteiger partial charge in [-0.05, 0) is 24.6 Å². The fraction of sp³-hybridized carbons (Fsp3) is 0.467. The van der Waals surface area contributed by atoms with Gasteiger partial charge in [0.25, 0.3) is 5.91 Å². The molecule has 1 saturated heterocycles. The summed E-state index contributed by atoms with van der Waals surface area (Å²) in [5.41, 5.74) is 0. The summed E-state index contributed by atoms with van der Waals surface area (Å²) >= 11 is 0. The molecule has 2 N–H and O–H groups in total. The van der Waals surface area contributed by atoms with Gasteiger partial charge in [-0.1, -0.05) is 0 Å². The maximum absolute atomic E-state index is 12.4. The summed E-state index contributed by atoms with van der Waals surface area (Å²) in [6.45, 7) is 1.14. The van der Waals surface area contributed by atoms with E-state index in [2.05, 4.69) is 5.10 Å². The predicted molar refractivity (Wildman–Crippen MR) is 77.1 cm³/mol. The first-order chi connectivity index (χ1) is 10.7. The number of rotatable bonds is 4. The van der Waals surface area contributed by atoms with Gasteiger partial charge in [0.15, 0.2) is 5.76 Å². The van der Waals surface area contributed by atoms with Gasteiger partial charge in [-0.25, -0.2) is 0 Å². The lowest BCUT2D eigenvalue weighted by atomic mass is 9.94. The van der Waals surface area contributed by atoms with E-state index in [1.54, 1.807) is 27.9 Å². The first-order valence-electron chi connectivity index (χ1n) is 7.31. The number of aliphatic hydroxyl groups is 2. The monoisotopic (exact) mass is 305 g/mol. The van der Waals surface area contributed by atoms with Crippen molar-refractivity contribution in [3.05, 3.63) is 42.1 Å². The lowest BCUT2D eigenvalue weighted by Crippen LogP contribution is -2.47. The number of likely N-dealkylation sites (tertiary alicyclic amines) is 1. The highest BCUT2D eigenvalue weighted by Crippen LogP contribution is 2.20. The second kappa shape index (κ2) is 6.33. The number of piperidine rings is 1. The Bertz CT molecular complexity index is 623. The number of hydrogen-bond donors (Lipinski definition) is 2. The number of carbonyl (C=O) groups excluding carboxylic acids is 1. The largest absolute Gasteiger partial charge is 0.454 e. The fourth-order valence-electron chi connectivity index (χ4n) is 2.66. The summed E-state index contributed by atoms with van der Waals surface area (Å²) < 4.78 is 7.29. The van der Waals surface area contributed by atoms with Crippen molar-refractivity contribution in [3.63, 3.8) is 0 Å². The van der Waals surface area contributed by atoms with Crippen LogP contribution in [0.5, 0.6) is 0 Å². The number of hydrogen-bond acceptors (Lipinski definition) is 5. The zero-order valence-corrected chi connectivity index (χ0v) is 12.1. The molecule has 0 aliphatic carbocycles. The average Bonchev–Trinajstić information content (AvgIpc) is 3.19. The standard InChI is InChI=1S/C15H19N3O4/c19-10-11-4-7-17(9-13(11)20)15(21)14-3-2-12(22-14)8-18-6-1-5-16-18/h1-3,5-6,11,13,19-20H,4,7-10H2/t11-,13-/m1/s1. The maximum atomic E-state index is 12.4. The van der Waals surface area contributed by atoms with E-state index in [1.807, 2.05) is 12.3 Å². The third-order valence-corrected chi connectivity index (χ3v) is 3.99. The van der Waals surface area contributed by atoms with Crippen molar-refractivity contribution in [1.29, 1.82) is 0 Å². The molecule has 0 radical (unpaired) electrons. The van der Waals surface area contributed by atoms with Crippen LogP contribution in [0.15, 0.2) is 35.0 Å². The Morgan fingerprint density at radius 1 is 1.45 bits per heavy atom. The highest BCUT2D eigenvalue weighted by Gasteiger charge is 2.31. The number of amides is 1. The molecular formula is C15H19N3O4. The Labute approximate surface area is 127 Å². The summed E-state index contributed by atoms with van der Waals surface area (Å²) in [5, 5.41) is 23.1. The molecule has 7 heteroatoms. The van der Waals surface area contributed by atoms with Crippen molar-refractivity contribution < 1.29 is 19.4 Å². The summed E-state index contributed by atoms with van der Waals surface area (Å²) in [7, 11) is 0. The molecule has 1 aliphatic rings. The number of carbonyl (C=O) groups is 1. The van der Waals surface area contributed by atoms with Crippen molar-refractivity contribution >= 4 is 5.91 Å². The van der Waals surface area contributed by atoms with Crippen LogP contribution in [-0.2, 0) is 6.54 Å². The first kappa shape index (κ1) is 14.8. The molecule has 1 aliphatic heterocycles. The van der Waals surface area contributed by atoms with Gasteiger partial charge in [-0.3, -0.25) is 9.48 Å². The van der Waals surface area contributed by atoms with Gasteiger partial charge in [0.1, 0.15) is 5.76 Å². The van der Waals surface area contributed by atoms with E-state index in [1.165, 1.54) is 0 Å². The van der Waals surface area contributed by atoms with E-state index in [0.717, 1.165) is 0 Å². The normalized spacial score (nSPS) is 22.0. The Morgan fingerprint density at radius 3 is 3.00 bits per heavy atom. The number of aromatic nitrogens is 2. The molecule has 0 aromatic carbocycles. The topological polar surface area (TPSA) is 91.7 Å². The minimum absolute atomic E-state index is 0.0576. The fourth-order valence-corrected chi connectivity index (χ4v) is 2.66. The second-order valence-electron chi connectivity index (χ2n) is 5.52. The minimum atomic E-state index is -0.693. The lowest BCUT2D eigenvalue weighted by molar-refractivity contribution is -0.000281. The molecule has 0 unspecified atom stereocenters. The summed E-state index contributed by atoms with van der Waals surface area (Å²) in [4.78, 5) is 14.0. The van der Waals surface area contributed by atoms with E-state index in [4.69, 9.17) is 9.52 Å². The molecule has 2 aromatic heterocycles. The summed E-state index contributed by atoms with van der Waals surface area (Å²) in [6, 6.07) is 5.22. The maximum Gasteiger partial charge on any atom is 0.289 e. The molecule has 3 rings (SSSR count). The molecule has 0 bridgehead atoms. The van der Waals surface area contributed by atoms with Crippen molar-refractivity contribution in [1.82, 2.24) is 14.7 Å². The Kier molecular flexibility index (Phi) is 4.26. The number of nitrogens with zero attached hydrogens (tertiary/aromatic N) is 3. The minimum Gasteiger partial charge on any atom is -0.454 e. The molecule has 22 heavy (non-hydrogen) atoms. The van der Waals surface area contributed by atoms with E-state index in [0.29, 0.717) is 25.3 Å². The molecule has 1 amide bonds. The van der Waals surface area contributed by atoms with Crippen LogP contribution in [0, 0.1) is 5.92 Å². The molecule has 0 saturated carbocycles. The molecule has 2 atom stereocenters. The molecule has 2 aromatic rings. The highest BCUT2D eigenvalue weighted by molar-refractivity contribution is 5.91. The van der Waals surface area contributed by atoms with E-state index in [-0.39, 0.29) is 30.7 Å². The van der Waals surface area contributed by atoms with Crippen LogP contribution in [0.2, 0.25) is 0 Å². The quantitative estimate of drug-likeness (QED) is 0.850. The van der Waals surface area contributed by atoms with Gasteiger partial charge in [0.05, 0.1) is 12.6 Å². The predicted octanol–water partition coefficient (Wildman–Crippen LogP) is 0.340. The third-order valence-electron chi connectivity index (χ3n) is 3.99. The molecule has 0 spiro atoms. The van der Waals surface area contributed by atoms with Crippen molar-refractivity contribution in [2.45, 2.75) is 19.1 Å². The van der Waals surface area contributed by atoms with E-state index >= 15 is 0 Å². The van der Waals surface area contributed by atoms with Crippen LogP contribution in [0.1, 0.15) is 22.7 Å². The Balaban J connectivity index is 1.64. The molecule has 3 heterocycles. The van der Waals surface area contributed by atoms with Crippen LogP contribution in [-0.4, -0.2) is 56.6 Å². The number of aliphatic hydroxyl groups excluding tert-OH is 2. The SMILES string of the molecule is O=C(c1ccc(Cn2cccn2)o1)N1CC[C@H](CO)[C@H](O)C1. The highest BCUT2D eigenvalue weighted by atomic mass is 16.4. The van der Waals surface area contributed by atoms with Crippen LogP contribution in [0.25, 0.3) is 0 Å². The van der Waals surface area contributed by atoms with Crippen LogP contribution in [0.3, 0.4) is 0 Å². The zero-order valence-electron chi connectivity index (χ0n) is 12.1. The number of β-amino-alcohol motifs (C(OH)–C–C–N with tert-alkyl or cyclic N) is 1. The molecular weight excluding hydrogens is 286 g/mol. The van der Waals surface area contributed by atoms with Gasteiger partial charge in [-0.2, -0.15) is 5.10 Å². The van der Waals surface area contributed by atoms with Crippen molar-refractivity contribution in [2.75, 3.05) is 19.7 Å². The first-order valence-corrected chi connectivity index (χ1v) is 7.31. The molecule has 1 fully saturated rings. The Morgan fingerprint density at radius 2 is 2.32 bits per heavy atom. The molecule has 7 nitrogen and oxygen atoms in total. The average molecular weight is 305 g/mol. The summed E-state index contributed by atoms with van der Waals surface area (Å²) in [5.74, 6) is 0.521. The second-order valence-corrected chi connectivity index (χ2v) is 5.52. The van der Waals surface area contributed by atoms with Crippen molar-refractivity contribution in [2.24, 2.45) is 5.92 Å². The van der Waals surface area contributed by atoms with Crippen LogP contribution < -0.4 is 0 Å². The van der Waals surface area contributed by atoms with E-state index < -0.39 is 6.10 Å². The van der Waals surface area contributed by atoms with Gasteiger partial charge in [0.2, 0.25) is 0 Å². The summed E-state index contributed by atoms with van der Waals surface area (Å²) in [6.07, 6.45) is 3.40. The Hall–Kier alpha value is -2.12. The van der Waals surface area contributed by atoms with Gasteiger partial charge >= 0.3 is 0 Å². The van der Waals surface area contributed by atoms with Gasteiger partial charge < -0.3 is 19.5 Å². The molecule has 118 valence electrons. The number of furan rings is 1. The van der Waals surface area contributed by atoms with Crippen LogP contribution >= 0.6 is 0 Å². The van der Waals surface area contributed by atoms with Gasteiger partial charge in [-0.15, -0.1) is 0 Å². The van der Waals surface area contributed by atoms with E-state index in [9.17, 15) is 9.90 Å². The van der Waals surface area contributed by atoms with Gasteiger partial charge in [0, 0.05) is 38.0 Å². The lowest BCUT2D eigenvalue weighted by Gasteiger charge is -2.34. The van der Waals surface area contributed by atoms with Crippen molar-refractivity contribution in [3.8, 4) is 0 Å². The third kappa shape index (κ3) is 3.05. The smallest absolute Gasteiger partial charge is 0.289 e. The zero-order chi connectivity index (χ0) is 15.5. The van der Waals surface area contributed by atoms with Crippen LogP contribution in [0.4, 0.5) is 0 Å².